The van der Waals surface area contributed by atoms with Gasteiger partial charge in [0.25, 0.3) is 0 Å². The van der Waals surface area contributed by atoms with E-state index in [-0.39, 0.29) is 23.9 Å². The van der Waals surface area contributed by atoms with Gasteiger partial charge in [0.2, 0.25) is 11.8 Å². The van der Waals surface area contributed by atoms with Crippen LogP contribution in [0.4, 0.5) is 0 Å². The summed E-state index contributed by atoms with van der Waals surface area (Å²) >= 11 is 0. The third-order valence-corrected chi connectivity index (χ3v) is 5.85. The number of hydrogen-bond donors (Lipinski definition) is 0. The van der Waals surface area contributed by atoms with Crippen LogP contribution in [0.2, 0.25) is 0 Å². The summed E-state index contributed by atoms with van der Waals surface area (Å²) in [6.07, 6.45) is 4.88. The van der Waals surface area contributed by atoms with Gasteiger partial charge in [0.1, 0.15) is 5.75 Å². The Balaban J connectivity index is 1.58. The maximum Gasteiger partial charge on any atom is 0.222 e. The number of methoxy groups -OCH3 is 1. The van der Waals surface area contributed by atoms with Gasteiger partial charge in [0.05, 0.1) is 7.11 Å². The van der Waals surface area contributed by atoms with E-state index in [2.05, 4.69) is 0 Å². The molecular weight excluding hydrogens is 356 g/mol. The van der Waals surface area contributed by atoms with Crippen LogP contribution in [0, 0.1) is 0 Å². The maximum atomic E-state index is 12.8. The predicted molar refractivity (Wildman–Crippen MR) is 107 cm³/mol. The van der Waals surface area contributed by atoms with Gasteiger partial charge in [0, 0.05) is 51.7 Å². The molecule has 0 N–H and O–H groups in total. The quantitative estimate of drug-likeness (QED) is 0.752. The first-order valence-electron chi connectivity index (χ1n) is 10.4. The zero-order chi connectivity index (χ0) is 19.9. The van der Waals surface area contributed by atoms with E-state index in [0.29, 0.717) is 32.6 Å². The van der Waals surface area contributed by atoms with E-state index in [1.807, 2.05) is 34.1 Å². The average molecular weight is 389 g/mol. The SMILES string of the molecule is COc1cccc(CCC(=O)N2CCCC(N(C(C)=O)C3CCOCC3)C2)c1. The molecule has 0 radical (unpaired) electrons. The minimum absolute atomic E-state index is 0.113. The molecule has 0 saturated carbocycles. The van der Waals surface area contributed by atoms with Crippen molar-refractivity contribution in [2.75, 3.05) is 33.4 Å². The zero-order valence-corrected chi connectivity index (χ0v) is 17.1. The molecule has 0 bridgehead atoms. The fourth-order valence-electron chi connectivity index (χ4n) is 4.42. The molecule has 28 heavy (non-hydrogen) atoms. The molecule has 1 aromatic rings. The third kappa shape index (κ3) is 5.25. The van der Waals surface area contributed by atoms with Crippen LogP contribution in [-0.4, -0.2) is 67.1 Å². The van der Waals surface area contributed by atoms with E-state index in [9.17, 15) is 9.59 Å². The molecule has 2 heterocycles. The Labute approximate surface area is 167 Å². The Morgan fingerprint density at radius 3 is 2.71 bits per heavy atom. The van der Waals surface area contributed by atoms with Crippen LogP contribution in [0.15, 0.2) is 24.3 Å². The number of amides is 2. The van der Waals surface area contributed by atoms with E-state index >= 15 is 0 Å². The number of likely N-dealkylation sites (tertiary alicyclic amines) is 1. The lowest BCUT2D eigenvalue weighted by Crippen LogP contribution is -2.55. The number of carbonyl (C=O) groups excluding carboxylic acids is 2. The fourth-order valence-corrected chi connectivity index (χ4v) is 4.42. The Bertz CT molecular complexity index is 672. The molecule has 2 amide bonds. The van der Waals surface area contributed by atoms with Gasteiger partial charge in [-0.2, -0.15) is 0 Å². The second kappa shape index (κ2) is 9.92. The third-order valence-electron chi connectivity index (χ3n) is 5.85. The van der Waals surface area contributed by atoms with Crippen molar-refractivity contribution < 1.29 is 19.1 Å². The molecule has 1 aromatic carbocycles. The van der Waals surface area contributed by atoms with Crippen LogP contribution in [0.1, 0.15) is 44.6 Å². The molecule has 154 valence electrons. The summed E-state index contributed by atoms with van der Waals surface area (Å²) in [5, 5.41) is 0. The number of hydrogen-bond acceptors (Lipinski definition) is 4. The van der Waals surface area contributed by atoms with Crippen LogP contribution in [0.3, 0.4) is 0 Å². The smallest absolute Gasteiger partial charge is 0.222 e. The lowest BCUT2D eigenvalue weighted by Gasteiger charge is -2.44. The Hall–Kier alpha value is -2.08. The molecule has 2 saturated heterocycles. The van der Waals surface area contributed by atoms with E-state index in [1.165, 1.54) is 0 Å². The van der Waals surface area contributed by atoms with E-state index in [0.717, 1.165) is 43.5 Å². The summed E-state index contributed by atoms with van der Waals surface area (Å²) in [4.78, 5) is 29.2. The Morgan fingerprint density at radius 1 is 1.21 bits per heavy atom. The van der Waals surface area contributed by atoms with Gasteiger partial charge in [-0.3, -0.25) is 9.59 Å². The molecule has 1 unspecified atom stereocenters. The van der Waals surface area contributed by atoms with Crippen molar-refractivity contribution in [2.24, 2.45) is 0 Å². The molecule has 3 rings (SSSR count). The van der Waals surface area contributed by atoms with Crippen molar-refractivity contribution in [3.63, 3.8) is 0 Å². The van der Waals surface area contributed by atoms with Crippen molar-refractivity contribution in [3.05, 3.63) is 29.8 Å². The van der Waals surface area contributed by atoms with Crippen LogP contribution in [0.5, 0.6) is 5.75 Å². The minimum atomic E-state index is 0.113. The normalized spacial score (nSPS) is 20.6. The molecule has 0 spiro atoms. The summed E-state index contributed by atoms with van der Waals surface area (Å²) in [6.45, 7) is 4.51. The highest BCUT2D eigenvalue weighted by molar-refractivity contribution is 5.77. The first-order valence-corrected chi connectivity index (χ1v) is 10.4. The number of ether oxygens (including phenoxy) is 2. The highest BCUT2D eigenvalue weighted by Gasteiger charge is 2.34. The van der Waals surface area contributed by atoms with Crippen LogP contribution in [-0.2, 0) is 20.7 Å². The summed E-state index contributed by atoms with van der Waals surface area (Å²) in [5.41, 5.74) is 1.11. The minimum Gasteiger partial charge on any atom is -0.497 e. The number of nitrogens with zero attached hydrogens (tertiary/aromatic N) is 2. The molecule has 2 fully saturated rings. The number of carbonyl (C=O) groups is 2. The van der Waals surface area contributed by atoms with Crippen LogP contribution >= 0.6 is 0 Å². The van der Waals surface area contributed by atoms with Gasteiger partial charge in [-0.1, -0.05) is 12.1 Å². The van der Waals surface area contributed by atoms with Crippen LogP contribution < -0.4 is 4.74 Å². The van der Waals surface area contributed by atoms with E-state index in [4.69, 9.17) is 9.47 Å². The maximum absolute atomic E-state index is 12.8. The Kier molecular flexibility index (Phi) is 7.31. The summed E-state index contributed by atoms with van der Waals surface area (Å²) in [6, 6.07) is 8.23. The Morgan fingerprint density at radius 2 is 2.00 bits per heavy atom. The molecule has 2 aliphatic rings. The highest BCUT2D eigenvalue weighted by Crippen LogP contribution is 2.24. The molecule has 0 aromatic heterocycles. The van der Waals surface area contributed by atoms with Gasteiger partial charge < -0.3 is 19.3 Å². The first-order chi connectivity index (χ1) is 13.6. The lowest BCUT2D eigenvalue weighted by molar-refractivity contribution is -0.142. The molecule has 6 heteroatoms. The van der Waals surface area contributed by atoms with Crippen molar-refractivity contribution in [1.29, 1.82) is 0 Å². The molecule has 1 atom stereocenters. The average Bonchev–Trinajstić information content (AvgIpc) is 2.73. The molecule has 2 aliphatic heterocycles. The van der Waals surface area contributed by atoms with Gasteiger partial charge in [-0.05, 0) is 49.8 Å². The monoisotopic (exact) mass is 388 g/mol. The predicted octanol–water partition coefficient (Wildman–Crippen LogP) is 2.65. The second-order valence-electron chi connectivity index (χ2n) is 7.76. The van der Waals surface area contributed by atoms with Crippen molar-refractivity contribution >= 4 is 11.8 Å². The zero-order valence-electron chi connectivity index (χ0n) is 17.1. The van der Waals surface area contributed by atoms with Gasteiger partial charge in [0.15, 0.2) is 0 Å². The molecule has 6 nitrogen and oxygen atoms in total. The molecular formula is C22H32N2O4. The summed E-state index contributed by atoms with van der Waals surface area (Å²) in [5.74, 6) is 1.10. The second-order valence-corrected chi connectivity index (χ2v) is 7.76. The lowest BCUT2D eigenvalue weighted by atomic mass is 9.98. The van der Waals surface area contributed by atoms with Crippen molar-refractivity contribution in [2.45, 2.75) is 57.5 Å². The molecule has 0 aliphatic carbocycles. The number of rotatable bonds is 6. The van der Waals surface area contributed by atoms with Crippen molar-refractivity contribution in [1.82, 2.24) is 9.80 Å². The van der Waals surface area contributed by atoms with E-state index < -0.39 is 0 Å². The number of piperidine rings is 1. The van der Waals surface area contributed by atoms with E-state index in [1.54, 1.807) is 14.0 Å². The topological polar surface area (TPSA) is 59.1 Å². The standard InChI is InChI=1S/C22H32N2O4/c1-17(25)24(19-10-13-28-14-11-19)20-6-4-12-23(16-20)22(26)9-8-18-5-3-7-21(15-18)27-2/h3,5,7,15,19-20H,4,6,8-14,16H2,1-2H3. The van der Waals surface area contributed by atoms with Gasteiger partial charge in [-0.15, -0.1) is 0 Å². The van der Waals surface area contributed by atoms with Gasteiger partial charge >= 0.3 is 0 Å². The number of benzene rings is 1. The largest absolute Gasteiger partial charge is 0.497 e. The summed E-state index contributed by atoms with van der Waals surface area (Å²) < 4.78 is 10.7. The number of aryl methyl sites for hydroxylation is 1. The fraction of sp³-hybridized carbons (Fsp3) is 0.636. The van der Waals surface area contributed by atoms with Crippen molar-refractivity contribution in [3.8, 4) is 5.75 Å². The van der Waals surface area contributed by atoms with Gasteiger partial charge in [-0.25, -0.2) is 0 Å². The first kappa shape index (κ1) is 20.6. The van der Waals surface area contributed by atoms with Crippen LogP contribution in [0.25, 0.3) is 0 Å². The highest BCUT2D eigenvalue weighted by atomic mass is 16.5. The summed E-state index contributed by atoms with van der Waals surface area (Å²) in [7, 11) is 1.65.